The molecule has 3 radical (unpaired) electrons. The molecule has 0 saturated carbocycles. The van der Waals surface area contributed by atoms with Crippen LogP contribution in [0, 0.1) is 7.05 Å². The van der Waals surface area contributed by atoms with E-state index in [1.165, 1.54) is 0 Å². The third kappa shape index (κ3) is 1.29. The number of alkyl halides is 3. The number of hydrogen-bond acceptors (Lipinski definition) is 1. The zero-order valence-corrected chi connectivity index (χ0v) is 4.68. The first-order chi connectivity index (χ1) is 4.50. The molecule has 1 aromatic rings. The van der Waals surface area contributed by atoms with Gasteiger partial charge in [0, 0.05) is 6.20 Å². The van der Waals surface area contributed by atoms with Gasteiger partial charge < -0.3 is 0 Å². The Balaban J connectivity index is 2.96. The molecule has 0 bridgehead atoms. The first-order valence-electron chi connectivity index (χ1n) is 2.33. The van der Waals surface area contributed by atoms with Crippen LogP contribution in [0.1, 0.15) is 5.56 Å². The predicted molar refractivity (Wildman–Crippen MR) is 25.9 cm³/mol. The highest BCUT2D eigenvalue weighted by atomic mass is 19.4. The van der Waals surface area contributed by atoms with E-state index in [0.717, 1.165) is 0 Å². The van der Waals surface area contributed by atoms with E-state index in [9.17, 15) is 13.2 Å². The first-order valence-corrected chi connectivity index (χ1v) is 2.33. The number of halogens is 3. The van der Waals surface area contributed by atoms with Crippen LogP contribution in [0.5, 0.6) is 0 Å². The third-order valence-corrected chi connectivity index (χ3v) is 0.910. The van der Waals surface area contributed by atoms with Crippen molar-refractivity contribution < 1.29 is 13.2 Å². The van der Waals surface area contributed by atoms with Gasteiger partial charge in [-0.3, -0.25) is 4.68 Å². The van der Waals surface area contributed by atoms with Gasteiger partial charge in [-0.2, -0.15) is 18.3 Å². The van der Waals surface area contributed by atoms with Crippen molar-refractivity contribution in [2.24, 2.45) is 0 Å². The Bertz CT molecular complexity index is 225. The molecule has 0 atom stereocenters. The van der Waals surface area contributed by atoms with Crippen molar-refractivity contribution in [1.29, 1.82) is 0 Å². The standard InChI is InChI=1S/C5H2F3N2/c1-10-3-4(2-9-10)5(6,7)8/h2-3H. The zero-order valence-electron chi connectivity index (χ0n) is 4.68. The lowest BCUT2D eigenvalue weighted by atomic mass is 10.4. The van der Waals surface area contributed by atoms with Crippen LogP contribution in [0.4, 0.5) is 13.2 Å². The van der Waals surface area contributed by atoms with Gasteiger partial charge in [0.05, 0.1) is 11.8 Å². The van der Waals surface area contributed by atoms with Crippen LogP contribution < -0.4 is 0 Å². The predicted octanol–water partition coefficient (Wildman–Crippen LogP) is 1.30. The molecule has 53 valence electrons. The lowest BCUT2D eigenvalue weighted by Crippen LogP contribution is -2.02. The Hall–Kier alpha value is -1.00. The van der Waals surface area contributed by atoms with Crippen LogP contribution in [-0.4, -0.2) is 9.78 Å². The second kappa shape index (κ2) is 2.00. The molecular formula is C5H2F3N2. The lowest BCUT2D eigenvalue weighted by molar-refractivity contribution is -0.137. The summed E-state index contributed by atoms with van der Waals surface area (Å²) in [7, 11) is 6.60. The normalized spacial score (nSPS) is 12.0. The van der Waals surface area contributed by atoms with Crippen molar-refractivity contribution in [3.05, 3.63) is 25.0 Å². The van der Waals surface area contributed by atoms with Crippen molar-refractivity contribution in [1.82, 2.24) is 9.78 Å². The fourth-order valence-corrected chi connectivity index (χ4v) is 0.469. The second-order valence-electron chi connectivity index (χ2n) is 1.67. The van der Waals surface area contributed by atoms with Crippen LogP contribution in [0.25, 0.3) is 0 Å². The average molecular weight is 147 g/mol. The molecule has 0 amide bonds. The molecule has 0 N–H and O–H groups in total. The minimum Gasteiger partial charge on any atom is -0.258 e. The van der Waals surface area contributed by atoms with Gasteiger partial charge in [-0.15, -0.1) is 0 Å². The van der Waals surface area contributed by atoms with E-state index in [2.05, 4.69) is 5.10 Å². The Morgan fingerprint density at radius 1 is 1.50 bits per heavy atom. The van der Waals surface area contributed by atoms with Gasteiger partial charge in [0.25, 0.3) is 0 Å². The van der Waals surface area contributed by atoms with E-state index in [1.807, 2.05) is 0 Å². The molecule has 0 fully saturated rings. The maximum absolute atomic E-state index is 11.7. The van der Waals surface area contributed by atoms with E-state index >= 15 is 0 Å². The maximum Gasteiger partial charge on any atom is 0.419 e. The van der Waals surface area contributed by atoms with Gasteiger partial charge in [0.2, 0.25) is 0 Å². The van der Waals surface area contributed by atoms with Gasteiger partial charge >= 0.3 is 6.18 Å². The second-order valence-corrected chi connectivity index (χ2v) is 1.67. The molecule has 0 aliphatic heterocycles. The summed E-state index contributed by atoms with van der Waals surface area (Å²) in [4.78, 5) is 0. The van der Waals surface area contributed by atoms with E-state index < -0.39 is 11.7 Å². The van der Waals surface area contributed by atoms with Crippen LogP contribution in [0.15, 0.2) is 12.4 Å². The van der Waals surface area contributed by atoms with Crippen LogP contribution >= 0.6 is 0 Å². The molecule has 0 saturated heterocycles. The van der Waals surface area contributed by atoms with Gasteiger partial charge in [-0.25, -0.2) is 0 Å². The summed E-state index contributed by atoms with van der Waals surface area (Å²) in [6, 6.07) is 0. The summed E-state index contributed by atoms with van der Waals surface area (Å²) >= 11 is 0. The third-order valence-electron chi connectivity index (χ3n) is 0.910. The largest absolute Gasteiger partial charge is 0.419 e. The summed E-state index contributed by atoms with van der Waals surface area (Å²) in [6.07, 6.45) is -3.19. The van der Waals surface area contributed by atoms with Crippen molar-refractivity contribution >= 4 is 0 Å². The molecular weight excluding hydrogens is 145 g/mol. The number of aromatic nitrogens is 2. The molecule has 1 aromatic heterocycles. The van der Waals surface area contributed by atoms with Gasteiger partial charge in [0.15, 0.2) is 7.05 Å². The van der Waals surface area contributed by atoms with Crippen molar-refractivity contribution in [2.75, 3.05) is 0 Å². The Morgan fingerprint density at radius 3 is 2.30 bits per heavy atom. The molecule has 0 aromatic carbocycles. The maximum atomic E-state index is 11.7. The summed E-state index contributed by atoms with van der Waals surface area (Å²) < 4.78 is 35.4. The molecule has 2 nitrogen and oxygen atoms in total. The van der Waals surface area contributed by atoms with Crippen LogP contribution in [-0.2, 0) is 6.18 Å². The molecule has 0 unspecified atom stereocenters. The number of hydrogen-bond donors (Lipinski definition) is 0. The highest BCUT2D eigenvalue weighted by Crippen LogP contribution is 2.28. The highest BCUT2D eigenvalue weighted by molar-refractivity contribution is 5.08. The number of rotatable bonds is 0. The highest BCUT2D eigenvalue weighted by Gasteiger charge is 2.31. The monoisotopic (exact) mass is 147 g/mol. The van der Waals surface area contributed by atoms with E-state index in [0.29, 0.717) is 17.1 Å². The van der Waals surface area contributed by atoms with Gasteiger partial charge in [-0.1, -0.05) is 0 Å². The molecule has 0 spiro atoms. The molecule has 1 heterocycles. The average Bonchev–Trinajstić information content (AvgIpc) is 2.11. The first kappa shape index (κ1) is 7.11. The molecule has 10 heavy (non-hydrogen) atoms. The summed E-state index contributed by atoms with van der Waals surface area (Å²) in [6.45, 7) is 0. The molecule has 0 aliphatic carbocycles. The number of nitrogens with zero attached hydrogens (tertiary/aromatic N) is 2. The molecule has 1 rings (SSSR count). The molecule has 0 aliphatic rings. The SMILES string of the molecule is [C]n1cc(C(F)(F)F)cn1. The Morgan fingerprint density at radius 2 is 2.10 bits per heavy atom. The molecule has 5 heteroatoms. The van der Waals surface area contributed by atoms with Crippen LogP contribution in [0.3, 0.4) is 0 Å². The fourth-order valence-electron chi connectivity index (χ4n) is 0.469. The zero-order chi connectivity index (χ0) is 7.78. The van der Waals surface area contributed by atoms with Gasteiger partial charge in [-0.05, 0) is 0 Å². The topological polar surface area (TPSA) is 17.8 Å². The fraction of sp³-hybridized carbons (Fsp3) is 0.200. The summed E-state index contributed by atoms with van der Waals surface area (Å²) in [5, 5.41) is 3.05. The smallest absolute Gasteiger partial charge is 0.258 e. The quantitative estimate of drug-likeness (QED) is 0.540. The van der Waals surface area contributed by atoms with Gasteiger partial charge in [0.1, 0.15) is 0 Å². The lowest BCUT2D eigenvalue weighted by Gasteiger charge is -1.99. The van der Waals surface area contributed by atoms with E-state index in [1.54, 1.807) is 0 Å². The summed E-state index contributed by atoms with van der Waals surface area (Å²) in [5.41, 5.74) is -0.900. The Labute approximate surface area is 55.3 Å². The van der Waals surface area contributed by atoms with Crippen molar-refractivity contribution in [3.63, 3.8) is 0 Å². The summed E-state index contributed by atoms with van der Waals surface area (Å²) in [5.74, 6) is 0. The minimum atomic E-state index is -4.39. The van der Waals surface area contributed by atoms with E-state index in [4.69, 9.17) is 7.05 Å². The van der Waals surface area contributed by atoms with Crippen LogP contribution in [0.2, 0.25) is 0 Å². The minimum absolute atomic E-state index is 0.364. The van der Waals surface area contributed by atoms with Crippen molar-refractivity contribution in [2.45, 2.75) is 6.18 Å². The van der Waals surface area contributed by atoms with Crippen molar-refractivity contribution in [3.8, 4) is 0 Å². The van der Waals surface area contributed by atoms with E-state index in [-0.39, 0.29) is 0 Å². The Kier molecular flexibility index (Phi) is 1.42.